The van der Waals surface area contributed by atoms with Gasteiger partial charge in [-0.2, -0.15) is 13.2 Å². The fourth-order valence-corrected chi connectivity index (χ4v) is 3.43. The van der Waals surface area contributed by atoms with Crippen LogP contribution in [0, 0.1) is 0 Å². The van der Waals surface area contributed by atoms with Crippen molar-refractivity contribution < 1.29 is 28.2 Å². The Bertz CT molecular complexity index is 1030. The molecule has 0 fully saturated rings. The number of hydrogen-bond acceptors (Lipinski definition) is 2. The molecule has 0 spiro atoms. The zero-order valence-electron chi connectivity index (χ0n) is 12.7. The van der Waals surface area contributed by atoms with E-state index in [1.807, 2.05) is 0 Å². The third kappa shape index (κ3) is 2.34. The van der Waals surface area contributed by atoms with Gasteiger partial charge in [-0.1, -0.05) is 6.07 Å². The van der Waals surface area contributed by atoms with Gasteiger partial charge in [0.05, 0.1) is 11.3 Å². The van der Waals surface area contributed by atoms with E-state index in [0.29, 0.717) is 35.0 Å². The second-order valence-electron chi connectivity index (χ2n) is 6.07. The van der Waals surface area contributed by atoms with Crippen LogP contribution in [-0.2, 0) is 19.0 Å². The first-order chi connectivity index (χ1) is 11.8. The largest absolute Gasteiger partial charge is 0.507 e. The minimum Gasteiger partial charge on any atom is -0.507 e. The maximum atomic E-state index is 12.9. The average Bonchev–Trinajstić information content (AvgIpc) is 2.91. The monoisotopic (exact) mass is 347 g/mol. The summed E-state index contributed by atoms with van der Waals surface area (Å²) in [6.45, 7) is 0. The van der Waals surface area contributed by atoms with Gasteiger partial charge in [-0.25, -0.2) is 4.79 Å². The van der Waals surface area contributed by atoms with Crippen LogP contribution in [0.2, 0.25) is 0 Å². The number of aryl methyl sites for hydroxylation is 2. The van der Waals surface area contributed by atoms with Gasteiger partial charge in [-0.15, -0.1) is 0 Å². The maximum absolute atomic E-state index is 12.9. The van der Waals surface area contributed by atoms with Gasteiger partial charge >= 0.3 is 12.1 Å². The number of halogens is 3. The number of aromatic hydroxyl groups is 1. The molecule has 4 rings (SSSR count). The van der Waals surface area contributed by atoms with Gasteiger partial charge in [0.2, 0.25) is 0 Å². The molecule has 1 aliphatic rings. The van der Waals surface area contributed by atoms with Crippen LogP contribution in [0.15, 0.2) is 30.3 Å². The molecule has 1 aliphatic carbocycles. The number of hydrogen-bond donors (Lipinski definition) is 3. The molecule has 0 saturated carbocycles. The summed E-state index contributed by atoms with van der Waals surface area (Å²) >= 11 is 0. The van der Waals surface area contributed by atoms with Crippen LogP contribution in [0.5, 0.6) is 5.75 Å². The van der Waals surface area contributed by atoms with Crippen LogP contribution in [-0.4, -0.2) is 21.2 Å². The third-order valence-electron chi connectivity index (χ3n) is 4.60. The molecule has 0 saturated heterocycles. The number of aromatic carboxylic acids is 1. The molecule has 0 unspecified atom stereocenters. The molecule has 0 atom stereocenters. The molecule has 4 nitrogen and oxygen atoms in total. The summed E-state index contributed by atoms with van der Waals surface area (Å²) in [7, 11) is 0. The van der Waals surface area contributed by atoms with Crippen LogP contribution < -0.4 is 0 Å². The quantitative estimate of drug-likeness (QED) is 0.612. The topological polar surface area (TPSA) is 73.3 Å². The van der Waals surface area contributed by atoms with E-state index in [4.69, 9.17) is 5.11 Å². The molecule has 1 heterocycles. The van der Waals surface area contributed by atoms with Crippen LogP contribution in [0.1, 0.15) is 27.0 Å². The number of H-pyrrole nitrogens is 1. The van der Waals surface area contributed by atoms with Crippen LogP contribution in [0.4, 0.5) is 13.2 Å². The molecule has 0 radical (unpaired) electrons. The highest BCUT2D eigenvalue weighted by molar-refractivity contribution is 5.96. The highest BCUT2D eigenvalue weighted by Gasteiger charge is 2.31. The molecule has 0 amide bonds. The highest BCUT2D eigenvalue weighted by Crippen LogP contribution is 2.41. The van der Waals surface area contributed by atoms with Crippen LogP contribution in [0.25, 0.3) is 22.2 Å². The van der Waals surface area contributed by atoms with Gasteiger partial charge < -0.3 is 15.2 Å². The predicted molar refractivity (Wildman–Crippen MR) is 84.8 cm³/mol. The molecular weight excluding hydrogens is 335 g/mol. The van der Waals surface area contributed by atoms with Gasteiger partial charge in [0.25, 0.3) is 0 Å². The standard InChI is InChI=1S/C18H12F3NO3/c19-18(20,21)9-2-4-10-11-3-1-8-5-13(17(24)25)15(23)7-12(8)16(11)22-14(10)6-9/h2,4-7,22-23H,1,3H2,(H,24,25). The second kappa shape index (κ2) is 5.02. The van der Waals surface area contributed by atoms with E-state index in [-0.39, 0.29) is 11.3 Å². The number of benzene rings is 2. The Morgan fingerprint density at radius 2 is 1.88 bits per heavy atom. The number of aromatic amines is 1. The molecule has 0 bridgehead atoms. The van der Waals surface area contributed by atoms with Crippen molar-refractivity contribution >= 4 is 16.9 Å². The Morgan fingerprint density at radius 1 is 1.12 bits per heavy atom. The second-order valence-corrected chi connectivity index (χ2v) is 6.07. The Kier molecular flexibility index (Phi) is 3.12. The van der Waals surface area contributed by atoms with Gasteiger partial charge in [-0.05, 0) is 48.2 Å². The number of fused-ring (bicyclic) bond motifs is 5. The van der Waals surface area contributed by atoms with Gasteiger partial charge in [0.15, 0.2) is 0 Å². The van der Waals surface area contributed by atoms with Crippen LogP contribution in [0.3, 0.4) is 0 Å². The van der Waals surface area contributed by atoms with Gasteiger partial charge in [0.1, 0.15) is 11.3 Å². The summed E-state index contributed by atoms with van der Waals surface area (Å²) in [5.74, 6) is -1.59. The van der Waals surface area contributed by atoms with E-state index in [2.05, 4.69) is 4.98 Å². The fourth-order valence-electron chi connectivity index (χ4n) is 3.43. The molecule has 128 valence electrons. The first-order valence-corrected chi connectivity index (χ1v) is 7.57. The number of carboxylic acids is 1. The number of alkyl halides is 3. The first-order valence-electron chi connectivity index (χ1n) is 7.57. The lowest BCUT2D eigenvalue weighted by Gasteiger charge is -2.18. The zero-order chi connectivity index (χ0) is 17.9. The Balaban J connectivity index is 1.93. The lowest BCUT2D eigenvalue weighted by Crippen LogP contribution is -2.06. The lowest BCUT2D eigenvalue weighted by molar-refractivity contribution is -0.137. The van der Waals surface area contributed by atoms with Crippen molar-refractivity contribution in [2.45, 2.75) is 19.0 Å². The minimum absolute atomic E-state index is 0.183. The summed E-state index contributed by atoms with van der Waals surface area (Å²) in [4.78, 5) is 14.2. The molecule has 7 heteroatoms. The normalized spacial score (nSPS) is 13.6. The predicted octanol–water partition coefficient (Wildman–Crippen LogP) is 4.36. The number of nitrogens with one attached hydrogen (secondary N) is 1. The van der Waals surface area contributed by atoms with Crippen molar-refractivity contribution in [1.82, 2.24) is 4.98 Å². The van der Waals surface area contributed by atoms with Crippen molar-refractivity contribution in [3.05, 3.63) is 52.6 Å². The highest BCUT2D eigenvalue weighted by atomic mass is 19.4. The average molecular weight is 347 g/mol. The van der Waals surface area contributed by atoms with E-state index in [0.717, 1.165) is 23.3 Å². The number of rotatable bonds is 1. The number of aromatic nitrogens is 1. The molecule has 1 aromatic heterocycles. The van der Waals surface area contributed by atoms with E-state index in [1.165, 1.54) is 18.2 Å². The van der Waals surface area contributed by atoms with Crippen LogP contribution >= 0.6 is 0 Å². The van der Waals surface area contributed by atoms with Crippen molar-refractivity contribution in [3.8, 4) is 17.0 Å². The van der Waals surface area contributed by atoms with E-state index >= 15 is 0 Å². The Morgan fingerprint density at radius 3 is 2.56 bits per heavy atom. The fraction of sp³-hybridized carbons (Fsp3) is 0.167. The molecule has 25 heavy (non-hydrogen) atoms. The minimum atomic E-state index is -4.42. The Hall–Kier alpha value is -2.96. The summed E-state index contributed by atoms with van der Waals surface area (Å²) < 4.78 is 38.7. The summed E-state index contributed by atoms with van der Waals surface area (Å²) in [5, 5.41) is 19.8. The Labute approximate surface area is 139 Å². The summed E-state index contributed by atoms with van der Waals surface area (Å²) in [5.41, 5.74) is 2.32. The van der Waals surface area contributed by atoms with Crippen molar-refractivity contribution in [2.75, 3.05) is 0 Å². The zero-order valence-corrected chi connectivity index (χ0v) is 12.7. The van der Waals surface area contributed by atoms with E-state index in [9.17, 15) is 23.1 Å². The number of phenols is 1. The number of carbonyl (C=O) groups is 1. The van der Waals surface area contributed by atoms with E-state index < -0.39 is 17.7 Å². The molecule has 0 aliphatic heterocycles. The van der Waals surface area contributed by atoms with Crippen molar-refractivity contribution in [2.24, 2.45) is 0 Å². The molecule has 3 aromatic rings. The lowest BCUT2D eigenvalue weighted by atomic mass is 9.87. The molecule has 3 N–H and O–H groups in total. The first kappa shape index (κ1) is 15.6. The van der Waals surface area contributed by atoms with Crippen molar-refractivity contribution in [3.63, 3.8) is 0 Å². The molecule has 2 aromatic carbocycles. The summed E-state index contributed by atoms with van der Waals surface area (Å²) in [6.07, 6.45) is -3.29. The number of carboxylic acid groups (broad SMARTS) is 1. The third-order valence-corrected chi connectivity index (χ3v) is 4.60. The SMILES string of the molecule is O=C(O)c1cc2c(cc1O)-c1[nH]c3cc(C(F)(F)F)ccc3c1CC2. The van der Waals surface area contributed by atoms with Gasteiger partial charge in [0, 0.05) is 16.5 Å². The molecular formula is C18H12F3NO3. The summed E-state index contributed by atoms with van der Waals surface area (Å²) in [6, 6.07) is 6.35. The van der Waals surface area contributed by atoms with E-state index in [1.54, 1.807) is 0 Å². The van der Waals surface area contributed by atoms with Gasteiger partial charge in [-0.3, -0.25) is 0 Å². The smallest absolute Gasteiger partial charge is 0.416 e. The van der Waals surface area contributed by atoms with Crippen molar-refractivity contribution in [1.29, 1.82) is 0 Å². The maximum Gasteiger partial charge on any atom is 0.416 e.